The highest BCUT2D eigenvalue weighted by molar-refractivity contribution is 4.59. The Kier molecular flexibility index (Phi) is 11.3. The summed E-state index contributed by atoms with van der Waals surface area (Å²) in [5, 5.41) is 0. The summed E-state index contributed by atoms with van der Waals surface area (Å²) >= 11 is 0. The molecule has 3 heteroatoms. The molecule has 0 aromatic rings. The molecule has 0 aromatic carbocycles. The Labute approximate surface area is 101 Å². The number of rotatable bonds is 11. The molecule has 98 valence electrons. The molecule has 0 spiro atoms. The molecule has 0 amide bonds. The smallest absolute Gasteiger partial charge is 0.0593 e. The first-order valence-corrected chi connectivity index (χ1v) is 6.74. The molecule has 0 radical (unpaired) electrons. The molecule has 2 N–H and O–H groups in total. The lowest BCUT2D eigenvalue weighted by Crippen LogP contribution is -2.28. The van der Waals surface area contributed by atoms with Gasteiger partial charge < -0.3 is 15.4 Å². The number of nitrogens with zero attached hydrogens (tertiary/aromatic N) is 1. The van der Waals surface area contributed by atoms with Crippen molar-refractivity contribution in [2.75, 3.05) is 39.4 Å². The summed E-state index contributed by atoms with van der Waals surface area (Å²) in [6.45, 7) is 12.5. The molecule has 0 fully saturated rings. The number of hydrogen-bond acceptors (Lipinski definition) is 3. The predicted molar refractivity (Wildman–Crippen MR) is 70.7 cm³/mol. The Balaban J connectivity index is 3.46. The Morgan fingerprint density at radius 2 is 1.94 bits per heavy atom. The van der Waals surface area contributed by atoms with Crippen molar-refractivity contribution in [1.82, 2.24) is 4.90 Å². The first kappa shape index (κ1) is 15.9. The Hall–Kier alpha value is -0.120. The van der Waals surface area contributed by atoms with Crippen molar-refractivity contribution in [1.29, 1.82) is 0 Å². The highest BCUT2D eigenvalue weighted by atomic mass is 16.5. The Morgan fingerprint density at radius 3 is 2.50 bits per heavy atom. The van der Waals surface area contributed by atoms with Crippen LogP contribution in [0.15, 0.2) is 0 Å². The van der Waals surface area contributed by atoms with Gasteiger partial charge in [-0.15, -0.1) is 0 Å². The summed E-state index contributed by atoms with van der Waals surface area (Å²) in [4.78, 5) is 2.46. The zero-order valence-corrected chi connectivity index (χ0v) is 11.4. The Bertz CT molecular complexity index is 142. The van der Waals surface area contributed by atoms with E-state index in [9.17, 15) is 0 Å². The fraction of sp³-hybridized carbons (Fsp3) is 1.00. The van der Waals surface area contributed by atoms with Crippen molar-refractivity contribution in [3.8, 4) is 0 Å². The highest BCUT2D eigenvalue weighted by Crippen LogP contribution is 2.09. The molecule has 0 aliphatic heterocycles. The van der Waals surface area contributed by atoms with Crippen LogP contribution in [0.2, 0.25) is 0 Å². The number of hydrogen-bond donors (Lipinski definition) is 1. The van der Waals surface area contributed by atoms with Crippen LogP contribution in [0.25, 0.3) is 0 Å². The second-order valence-corrected chi connectivity index (χ2v) is 4.46. The lowest BCUT2D eigenvalue weighted by molar-refractivity contribution is 0.114. The fourth-order valence-electron chi connectivity index (χ4n) is 1.86. The first-order valence-electron chi connectivity index (χ1n) is 6.74. The molecular formula is C13H30N2O. The van der Waals surface area contributed by atoms with E-state index in [1.54, 1.807) is 0 Å². The lowest BCUT2D eigenvalue weighted by Gasteiger charge is -2.21. The van der Waals surface area contributed by atoms with E-state index in [1.165, 1.54) is 19.4 Å². The molecule has 0 heterocycles. The second-order valence-electron chi connectivity index (χ2n) is 4.46. The van der Waals surface area contributed by atoms with Crippen LogP contribution in [-0.2, 0) is 4.74 Å². The van der Waals surface area contributed by atoms with Crippen LogP contribution < -0.4 is 5.73 Å². The van der Waals surface area contributed by atoms with Crippen molar-refractivity contribution in [3.63, 3.8) is 0 Å². The van der Waals surface area contributed by atoms with Gasteiger partial charge in [-0.2, -0.15) is 0 Å². The van der Waals surface area contributed by atoms with E-state index in [0.717, 1.165) is 45.2 Å². The van der Waals surface area contributed by atoms with Gasteiger partial charge in [0.05, 0.1) is 6.61 Å². The van der Waals surface area contributed by atoms with E-state index in [2.05, 4.69) is 18.7 Å². The second kappa shape index (κ2) is 11.4. The molecular weight excluding hydrogens is 200 g/mol. The maximum Gasteiger partial charge on any atom is 0.0593 e. The van der Waals surface area contributed by atoms with Crippen molar-refractivity contribution < 1.29 is 4.74 Å². The van der Waals surface area contributed by atoms with Gasteiger partial charge in [-0.1, -0.05) is 13.8 Å². The number of nitrogens with two attached hydrogens (primary N) is 1. The van der Waals surface area contributed by atoms with Crippen LogP contribution in [0.3, 0.4) is 0 Å². The minimum absolute atomic E-state index is 0.774. The van der Waals surface area contributed by atoms with E-state index in [1.807, 2.05) is 6.92 Å². The van der Waals surface area contributed by atoms with Gasteiger partial charge in [-0.25, -0.2) is 0 Å². The normalized spacial score (nSPS) is 13.3. The van der Waals surface area contributed by atoms with Crippen molar-refractivity contribution in [2.45, 2.75) is 40.0 Å². The van der Waals surface area contributed by atoms with E-state index in [4.69, 9.17) is 10.5 Å². The summed E-state index contributed by atoms with van der Waals surface area (Å²) in [7, 11) is 0. The number of ether oxygens (including phenoxy) is 1. The van der Waals surface area contributed by atoms with E-state index in [-0.39, 0.29) is 0 Å². The van der Waals surface area contributed by atoms with Gasteiger partial charge in [0.25, 0.3) is 0 Å². The maximum absolute atomic E-state index is 5.54. The van der Waals surface area contributed by atoms with Gasteiger partial charge in [-0.3, -0.25) is 0 Å². The summed E-state index contributed by atoms with van der Waals surface area (Å²) in [6, 6.07) is 0. The van der Waals surface area contributed by atoms with Gasteiger partial charge in [0.1, 0.15) is 0 Å². The molecule has 0 aliphatic carbocycles. The molecule has 16 heavy (non-hydrogen) atoms. The van der Waals surface area contributed by atoms with E-state index >= 15 is 0 Å². The summed E-state index contributed by atoms with van der Waals surface area (Å²) in [5.74, 6) is 0.774. The van der Waals surface area contributed by atoms with Crippen LogP contribution in [0.4, 0.5) is 0 Å². The molecule has 1 unspecified atom stereocenters. The first-order chi connectivity index (χ1) is 7.74. The van der Waals surface area contributed by atoms with Crippen LogP contribution in [0.1, 0.15) is 40.0 Å². The standard InChI is InChI=1S/C13H30N2O/c1-4-15(11-12-16-5-2)10-6-7-13(3)8-9-14/h13H,4-12,14H2,1-3H3. The number of likely N-dealkylation sites (N-methyl/N-ethyl adjacent to an activating group) is 1. The minimum Gasteiger partial charge on any atom is -0.380 e. The van der Waals surface area contributed by atoms with Crippen LogP contribution in [0, 0.1) is 5.92 Å². The van der Waals surface area contributed by atoms with E-state index in [0.29, 0.717) is 0 Å². The highest BCUT2D eigenvalue weighted by Gasteiger charge is 2.04. The predicted octanol–water partition coefficient (Wildman–Crippen LogP) is 2.11. The van der Waals surface area contributed by atoms with Crippen LogP contribution in [-0.4, -0.2) is 44.3 Å². The quantitative estimate of drug-likeness (QED) is 0.553. The average Bonchev–Trinajstić information content (AvgIpc) is 2.27. The van der Waals surface area contributed by atoms with Gasteiger partial charge in [0.15, 0.2) is 0 Å². The third-order valence-electron chi connectivity index (χ3n) is 3.03. The van der Waals surface area contributed by atoms with Gasteiger partial charge in [0, 0.05) is 13.2 Å². The monoisotopic (exact) mass is 230 g/mol. The van der Waals surface area contributed by atoms with Gasteiger partial charge in [0.2, 0.25) is 0 Å². The zero-order valence-electron chi connectivity index (χ0n) is 11.4. The summed E-state index contributed by atoms with van der Waals surface area (Å²) in [6.07, 6.45) is 3.73. The van der Waals surface area contributed by atoms with Crippen molar-refractivity contribution in [2.24, 2.45) is 11.7 Å². The molecule has 0 saturated carbocycles. The van der Waals surface area contributed by atoms with Crippen LogP contribution >= 0.6 is 0 Å². The lowest BCUT2D eigenvalue weighted by atomic mass is 10.0. The van der Waals surface area contributed by atoms with Crippen molar-refractivity contribution in [3.05, 3.63) is 0 Å². The van der Waals surface area contributed by atoms with Crippen molar-refractivity contribution >= 4 is 0 Å². The topological polar surface area (TPSA) is 38.5 Å². The van der Waals surface area contributed by atoms with Crippen LogP contribution in [0.5, 0.6) is 0 Å². The summed E-state index contributed by atoms with van der Waals surface area (Å²) in [5.41, 5.74) is 5.54. The Morgan fingerprint density at radius 1 is 1.19 bits per heavy atom. The molecule has 0 rings (SSSR count). The molecule has 1 atom stereocenters. The van der Waals surface area contributed by atoms with Gasteiger partial charge >= 0.3 is 0 Å². The third-order valence-corrected chi connectivity index (χ3v) is 3.03. The largest absolute Gasteiger partial charge is 0.380 e. The fourth-order valence-corrected chi connectivity index (χ4v) is 1.86. The SMILES string of the molecule is CCOCCN(CC)CCCC(C)CCN. The van der Waals surface area contributed by atoms with E-state index < -0.39 is 0 Å². The molecule has 0 aliphatic rings. The molecule has 0 aromatic heterocycles. The third kappa shape index (κ3) is 9.13. The maximum atomic E-state index is 5.54. The minimum atomic E-state index is 0.774. The average molecular weight is 230 g/mol. The zero-order chi connectivity index (χ0) is 12.2. The molecule has 0 saturated heterocycles. The van der Waals surface area contributed by atoms with Gasteiger partial charge in [-0.05, 0) is 51.7 Å². The molecule has 3 nitrogen and oxygen atoms in total. The molecule has 0 bridgehead atoms. The summed E-state index contributed by atoms with van der Waals surface area (Å²) < 4.78 is 5.37.